The molecule has 3 atom stereocenters. The molecule has 0 bridgehead atoms. The predicted octanol–water partition coefficient (Wildman–Crippen LogP) is 4.57. The molecule has 380 valence electrons. The summed E-state index contributed by atoms with van der Waals surface area (Å²) in [5, 5.41) is 14.0. The van der Waals surface area contributed by atoms with E-state index in [9.17, 15) is 18.8 Å². The quantitative estimate of drug-likeness (QED) is 0.235. The Morgan fingerprint density at radius 1 is 0.904 bits per heavy atom. The number of ether oxygens (including phenoxy) is 1. The first-order valence-corrected chi connectivity index (χ1v) is 24.9. The molecule has 11 rings (SSSR count). The van der Waals surface area contributed by atoms with E-state index >= 15 is 4.39 Å². The number of H-pyrrole nitrogens is 2. The molecule has 1 saturated heterocycles. The number of amides is 1. The second-order valence-corrected chi connectivity index (χ2v) is 19.5. The maximum Gasteiger partial charge on any atom is 1.00 e. The van der Waals surface area contributed by atoms with Gasteiger partial charge in [0.05, 0.1) is 45.8 Å². The molecule has 2 N–H and O–H groups in total. The number of halogens is 2. The zero-order chi connectivity index (χ0) is 49.3. The molecule has 0 spiro atoms. The van der Waals surface area contributed by atoms with E-state index in [1.54, 1.807) is 77.4 Å². The van der Waals surface area contributed by atoms with Gasteiger partial charge in [-0.1, -0.05) is 30.3 Å². The first-order chi connectivity index (χ1) is 33.0. The van der Waals surface area contributed by atoms with Crippen LogP contribution in [0.3, 0.4) is 0 Å². The van der Waals surface area contributed by atoms with Crippen molar-refractivity contribution in [3.8, 4) is 17.2 Å². The molecule has 0 radical (unpaired) electrons. The molecule has 3 aromatic carbocycles. The number of hydrogen-bond donors (Lipinski definition) is 2. The molecule has 1 amide bonds. The number of benzene rings is 3. The fourth-order valence-electron chi connectivity index (χ4n) is 9.19. The fraction of sp³-hybridized carbons (Fsp3) is 0.396. The van der Waals surface area contributed by atoms with E-state index in [2.05, 4.69) is 45.5 Å². The Morgan fingerprint density at radius 2 is 1.58 bits per heavy atom. The van der Waals surface area contributed by atoms with Crippen molar-refractivity contribution in [2.24, 2.45) is 13.0 Å². The number of thioether (sulfide) groups is 1. The van der Waals surface area contributed by atoms with Gasteiger partial charge in [0, 0.05) is 55.0 Å². The summed E-state index contributed by atoms with van der Waals surface area (Å²) in [4.78, 5) is 46.4. The fourth-order valence-corrected chi connectivity index (χ4v) is 9.19. The molecule has 1 aliphatic carbocycles. The van der Waals surface area contributed by atoms with Crippen LogP contribution < -0.4 is 149 Å². The Labute approximate surface area is 548 Å². The Morgan fingerprint density at radius 3 is 2.16 bits per heavy atom. The summed E-state index contributed by atoms with van der Waals surface area (Å²) in [6, 6.07) is 15.7. The van der Waals surface area contributed by atoms with Gasteiger partial charge in [0.15, 0.2) is 11.6 Å². The minimum atomic E-state index is -0.568. The zero-order valence-corrected chi connectivity index (χ0v) is 58.0. The normalized spacial score (nSPS) is 17.3. The van der Waals surface area contributed by atoms with Crippen LogP contribution in [0.5, 0.6) is 0 Å². The number of carbonyl (C=O) groups excluding carboxylic acids is 1. The van der Waals surface area contributed by atoms with Crippen LogP contribution in [0.4, 0.5) is 8.78 Å². The maximum absolute atomic E-state index is 15.8. The van der Waals surface area contributed by atoms with Crippen LogP contribution in [0.25, 0.3) is 39.0 Å². The van der Waals surface area contributed by atoms with Crippen molar-refractivity contribution in [2.75, 3.05) is 25.7 Å². The molecule has 20 heteroatoms. The van der Waals surface area contributed by atoms with Gasteiger partial charge >= 0.3 is 149 Å². The van der Waals surface area contributed by atoms with E-state index in [4.69, 9.17) is 9.84 Å². The smallest absolute Gasteiger partial charge is 0.376 e. The number of para-hydroxylation sites is 1. The molecule has 2 aliphatic heterocycles. The number of nitrogens with zero attached hydrogens (tertiary/aromatic N) is 8. The van der Waals surface area contributed by atoms with Crippen molar-refractivity contribution < 1.29 is 161 Å². The van der Waals surface area contributed by atoms with Crippen molar-refractivity contribution in [1.82, 2.24) is 48.7 Å². The third kappa shape index (κ3) is 14.0. The van der Waals surface area contributed by atoms with Gasteiger partial charge in [-0.25, -0.2) is 23.1 Å². The molecular weight excluding hydrogens is 1190 g/mol. The molecule has 7 heterocycles. The number of aromatic amines is 2. The summed E-state index contributed by atoms with van der Waals surface area (Å²) in [6.07, 6.45) is 14.7. The SMILES string of the molecule is CC1(C)CCCCO1.CC1CC1c1noc(=O)[nH]1.CSC.Cc1cc(-n2nc3c(c2-n2ccn(-c4ccc5c(cnn5C)c4F)c2=O)[C@H](C)N(C(=O)c2cc4ccccc4[nH]2)CCC3)cc(C)c1F.[CH3-].[CH3-].[Cs+].[Cs+]. The number of hydrogen-bond acceptors (Lipinski definition) is 9. The summed E-state index contributed by atoms with van der Waals surface area (Å²) in [5.74, 6) is 0.697. The van der Waals surface area contributed by atoms with E-state index in [0.717, 1.165) is 29.6 Å². The van der Waals surface area contributed by atoms with Crippen molar-refractivity contribution in [3.63, 3.8) is 0 Å². The third-order valence-corrected chi connectivity index (χ3v) is 13.1. The van der Waals surface area contributed by atoms with E-state index in [-0.39, 0.29) is 176 Å². The van der Waals surface area contributed by atoms with Crippen LogP contribution in [0, 0.1) is 46.3 Å². The monoisotopic (exact) mass is 1260 g/mol. The number of imidazole rings is 1. The minimum Gasteiger partial charge on any atom is -0.376 e. The van der Waals surface area contributed by atoms with Crippen LogP contribution in [0.1, 0.15) is 110 Å². The molecule has 8 aromatic rings. The molecule has 2 fully saturated rings. The van der Waals surface area contributed by atoms with Crippen LogP contribution in [0.2, 0.25) is 0 Å². The minimum absolute atomic E-state index is 0. The van der Waals surface area contributed by atoms with E-state index < -0.39 is 23.3 Å². The predicted molar refractivity (Wildman–Crippen MR) is 278 cm³/mol. The van der Waals surface area contributed by atoms with Gasteiger partial charge in [0.1, 0.15) is 17.3 Å². The second kappa shape index (κ2) is 27.2. The average Bonchev–Trinajstić information content (AvgIpc) is 3.86. The van der Waals surface area contributed by atoms with Crippen molar-refractivity contribution in [2.45, 2.75) is 97.6 Å². The molecule has 3 aliphatic rings. The summed E-state index contributed by atoms with van der Waals surface area (Å²) in [5.41, 5.74) is 4.52. The maximum atomic E-state index is 15.8. The van der Waals surface area contributed by atoms with E-state index in [1.807, 2.05) is 49.8 Å². The van der Waals surface area contributed by atoms with Crippen molar-refractivity contribution in [1.29, 1.82) is 0 Å². The first-order valence-electron chi connectivity index (χ1n) is 23.3. The van der Waals surface area contributed by atoms with E-state index in [0.29, 0.717) is 81.8 Å². The Bertz CT molecular complexity index is 3200. The summed E-state index contributed by atoms with van der Waals surface area (Å²) < 4.78 is 46.3. The van der Waals surface area contributed by atoms with E-state index in [1.165, 1.54) is 40.8 Å². The summed E-state index contributed by atoms with van der Waals surface area (Å²) in [7, 11) is 1.73. The average molecular weight is 1260 g/mol. The van der Waals surface area contributed by atoms with Gasteiger partial charge in [-0.15, -0.1) is 0 Å². The molecule has 73 heavy (non-hydrogen) atoms. The third-order valence-electron chi connectivity index (χ3n) is 13.1. The molecule has 2 unspecified atom stereocenters. The molecule has 1 saturated carbocycles. The number of nitrogens with one attached hydrogen (secondary N) is 2. The zero-order valence-electron chi connectivity index (χ0n) is 44.6. The van der Waals surface area contributed by atoms with Crippen LogP contribution in [0.15, 0.2) is 87.3 Å². The Hall–Kier alpha value is -2.43. The van der Waals surface area contributed by atoms with Gasteiger partial charge in [0.25, 0.3) is 5.91 Å². The van der Waals surface area contributed by atoms with Gasteiger partial charge in [-0.3, -0.25) is 28.1 Å². The number of aryl methyl sites for hydroxylation is 4. The van der Waals surface area contributed by atoms with Crippen LogP contribution in [-0.2, 0) is 18.2 Å². The Balaban J connectivity index is 0.000000384. The number of aromatic nitrogens is 9. The van der Waals surface area contributed by atoms with Gasteiger partial charge < -0.3 is 29.5 Å². The van der Waals surface area contributed by atoms with Crippen LogP contribution >= 0.6 is 11.8 Å². The van der Waals surface area contributed by atoms with Crippen molar-refractivity contribution >= 4 is 39.5 Å². The number of rotatable bonds is 5. The topological polar surface area (TPSA) is 167 Å². The molecule has 15 nitrogen and oxygen atoms in total. The van der Waals surface area contributed by atoms with Crippen LogP contribution in [-0.4, -0.2) is 85.9 Å². The standard InChI is InChI=1S/C36H32F2N8O2.C7H14O.C6H8N2O2.C2H6S.2CH3.2Cs/c1-20-16-24(17-21(2)32(20)37)46-34(45-15-14-44(36(45)48)30-12-11-29-25(33(30)38)19-39-42(29)4)31-22(3)43(13-7-10-27(31)41-46)35(47)28-18-23-8-5-6-9-26(23)40-28;1-7(2)5-3-4-6-8-7;1-3-2-4(3)5-7-6(9)10-8-5;1-3-2;;;;/h5-6,8-9,11-12,14-19,22,40H,7,10,13H2,1-4H3;3-6H2,1-2H3;3-4H,2H2,1H3,(H,7,8,9);1-2H3;2*1H3;;/q;;;;2*-1;2*+1/t22-;;;;;;;/m0......./s1. The largest absolute Gasteiger partial charge is 1.00 e. The summed E-state index contributed by atoms with van der Waals surface area (Å²) in [6.45, 7) is 13.2. The molecular formula is C53H66Cs2F2N10O5S. The second-order valence-electron chi connectivity index (χ2n) is 18.7. The Kier molecular flexibility index (Phi) is 23.6. The van der Waals surface area contributed by atoms with Gasteiger partial charge in [-0.2, -0.15) is 22.0 Å². The first kappa shape index (κ1) is 63.1. The van der Waals surface area contributed by atoms with Crippen molar-refractivity contribution in [3.05, 3.63) is 155 Å². The summed E-state index contributed by atoms with van der Waals surface area (Å²) >= 11 is 1.75. The van der Waals surface area contributed by atoms with Gasteiger partial charge in [0.2, 0.25) is 0 Å². The van der Waals surface area contributed by atoms with Gasteiger partial charge in [-0.05, 0) is 139 Å². The number of carbonyl (C=O) groups is 1. The molecule has 5 aromatic heterocycles. The number of fused-ring (bicyclic) bond motifs is 3.